The van der Waals surface area contributed by atoms with Crippen molar-refractivity contribution in [1.29, 1.82) is 0 Å². The van der Waals surface area contributed by atoms with E-state index in [1.54, 1.807) is 6.92 Å². The fourth-order valence-corrected chi connectivity index (χ4v) is 3.29. The van der Waals surface area contributed by atoms with E-state index in [2.05, 4.69) is 0 Å². The van der Waals surface area contributed by atoms with Crippen LogP contribution in [0.2, 0.25) is 0 Å². The lowest BCUT2D eigenvalue weighted by Gasteiger charge is -2.19. The number of benzene rings is 1. The SMILES string of the molecule is CC(O)(c1cc2ccccc2s1)c1occc1C(=O)O. The second-order valence-electron chi connectivity index (χ2n) is 4.69. The van der Waals surface area contributed by atoms with Gasteiger partial charge >= 0.3 is 5.97 Å². The molecule has 0 bridgehead atoms. The Kier molecular flexibility index (Phi) is 2.88. The smallest absolute Gasteiger partial charge is 0.339 e. The lowest BCUT2D eigenvalue weighted by Crippen LogP contribution is -2.23. The van der Waals surface area contributed by atoms with E-state index in [0.717, 1.165) is 10.1 Å². The van der Waals surface area contributed by atoms with Crippen molar-refractivity contribution in [3.63, 3.8) is 0 Å². The van der Waals surface area contributed by atoms with Crippen LogP contribution in [0.25, 0.3) is 10.1 Å². The Labute approximate surface area is 118 Å². The molecule has 1 atom stereocenters. The number of carbonyl (C=O) groups is 1. The summed E-state index contributed by atoms with van der Waals surface area (Å²) in [4.78, 5) is 11.8. The van der Waals surface area contributed by atoms with Crippen molar-refractivity contribution in [3.8, 4) is 0 Å². The molecule has 0 spiro atoms. The van der Waals surface area contributed by atoms with Gasteiger partial charge in [0.05, 0.1) is 6.26 Å². The Morgan fingerprint density at radius 3 is 2.75 bits per heavy atom. The van der Waals surface area contributed by atoms with Gasteiger partial charge in [-0.25, -0.2) is 4.79 Å². The van der Waals surface area contributed by atoms with Gasteiger partial charge in [-0.1, -0.05) is 18.2 Å². The standard InChI is InChI=1S/C15H12O4S/c1-15(18,13-10(14(16)17)6-7-19-13)12-8-9-4-2-3-5-11(9)20-12/h2-8,18H,1H3,(H,16,17). The second kappa shape index (κ2) is 4.47. The van der Waals surface area contributed by atoms with Crippen molar-refractivity contribution in [2.45, 2.75) is 12.5 Å². The third kappa shape index (κ3) is 1.92. The molecule has 102 valence electrons. The van der Waals surface area contributed by atoms with Crippen LogP contribution in [0.5, 0.6) is 0 Å². The van der Waals surface area contributed by atoms with Crippen LogP contribution in [-0.2, 0) is 5.60 Å². The normalized spacial score (nSPS) is 14.3. The van der Waals surface area contributed by atoms with E-state index in [4.69, 9.17) is 9.52 Å². The molecular formula is C15H12O4S. The fraction of sp³-hybridized carbons (Fsp3) is 0.133. The average molecular weight is 288 g/mol. The summed E-state index contributed by atoms with van der Waals surface area (Å²) in [6.07, 6.45) is 1.28. The maximum atomic E-state index is 11.2. The Morgan fingerprint density at radius 2 is 2.05 bits per heavy atom. The zero-order chi connectivity index (χ0) is 14.3. The predicted octanol–water partition coefficient (Wildman–Crippen LogP) is 3.45. The van der Waals surface area contributed by atoms with Crippen LogP contribution in [0.4, 0.5) is 0 Å². The van der Waals surface area contributed by atoms with E-state index in [1.807, 2.05) is 30.3 Å². The van der Waals surface area contributed by atoms with Crippen molar-refractivity contribution in [2.24, 2.45) is 0 Å². The Morgan fingerprint density at radius 1 is 1.30 bits per heavy atom. The van der Waals surface area contributed by atoms with Crippen LogP contribution in [0, 0.1) is 0 Å². The Bertz CT molecular complexity index is 749. The number of carboxylic acids is 1. The minimum atomic E-state index is -1.47. The largest absolute Gasteiger partial charge is 0.478 e. The first-order valence-corrected chi connectivity index (χ1v) is 6.84. The zero-order valence-electron chi connectivity index (χ0n) is 10.7. The maximum absolute atomic E-state index is 11.2. The molecule has 3 aromatic rings. The molecule has 0 radical (unpaired) electrons. The molecule has 0 aliphatic carbocycles. The van der Waals surface area contributed by atoms with Gasteiger partial charge in [0.1, 0.15) is 5.56 Å². The monoisotopic (exact) mass is 288 g/mol. The highest BCUT2D eigenvalue weighted by Gasteiger charge is 2.35. The first-order chi connectivity index (χ1) is 9.50. The molecule has 5 heteroatoms. The molecule has 0 aliphatic rings. The molecule has 0 saturated carbocycles. The predicted molar refractivity (Wildman–Crippen MR) is 76.2 cm³/mol. The number of thiophene rings is 1. The molecule has 3 rings (SSSR count). The van der Waals surface area contributed by atoms with Crippen molar-refractivity contribution < 1.29 is 19.4 Å². The number of carboxylic acid groups (broad SMARTS) is 1. The number of hydrogen-bond donors (Lipinski definition) is 2. The van der Waals surface area contributed by atoms with E-state index in [0.29, 0.717) is 4.88 Å². The lowest BCUT2D eigenvalue weighted by atomic mass is 9.97. The molecule has 0 aliphatic heterocycles. The van der Waals surface area contributed by atoms with Gasteiger partial charge in [0.2, 0.25) is 0 Å². The topological polar surface area (TPSA) is 70.7 Å². The molecule has 0 fully saturated rings. The summed E-state index contributed by atoms with van der Waals surface area (Å²) in [6, 6.07) is 11.0. The third-order valence-corrected chi connectivity index (χ3v) is 4.57. The van der Waals surface area contributed by atoms with Gasteiger partial charge in [0.25, 0.3) is 0 Å². The van der Waals surface area contributed by atoms with Gasteiger partial charge in [0.15, 0.2) is 11.4 Å². The van der Waals surface area contributed by atoms with E-state index < -0.39 is 11.6 Å². The summed E-state index contributed by atoms with van der Waals surface area (Å²) >= 11 is 1.42. The highest BCUT2D eigenvalue weighted by atomic mass is 32.1. The van der Waals surface area contributed by atoms with E-state index >= 15 is 0 Å². The van der Waals surface area contributed by atoms with Crippen LogP contribution in [0.15, 0.2) is 47.1 Å². The third-order valence-electron chi connectivity index (χ3n) is 3.24. The van der Waals surface area contributed by atoms with Crippen molar-refractivity contribution in [2.75, 3.05) is 0 Å². The minimum Gasteiger partial charge on any atom is -0.478 e. The molecule has 2 aromatic heterocycles. The summed E-state index contributed by atoms with van der Waals surface area (Å²) < 4.78 is 6.25. The average Bonchev–Trinajstić information content (AvgIpc) is 3.05. The van der Waals surface area contributed by atoms with Gasteiger partial charge in [-0.15, -0.1) is 11.3 Å². The van der Waals surface area contributed by atoms with E-state index in [9.17, 15) is 9.90 Å². The van der Waals surface area contributed by atoms with Crippen molar-refractivity contribution in [1.82, 2.24) is 0 Å². The first kappa shape index (κ1) is 12.9. The molecule has 2 heterocycles. The van der Waals surface area contributed by atoms with Crippen LogP contribution < -0.4 is 0 Å². The quantitative estimate of drug-likeness (QED) is 0.774. The van der Waals surface area contributed by atoms with Crippen molar-refractivity contribution >= 4 is 27.4 Å². The molecule has 20 heavy (non-hydrogen) atoms. The molecule has 0 saturated heterocycles. The maximum Gasteiger partial charge on any atom is 0.339 e. The van der Waals surface area contributed by atoms with E-state index in [-0.39, 0.29) is 11.3 Å². The van der Waals surface area contributed by atoms with Crippen molar-refractivity contribution in [3.05, 3.63) is 58.9 Å². The first-order valence-electron chi connectivity index (χ1n) is 6.03. The second-order valence-corrected chi connectivity index (χ2v) is 5.77. The molecule has 0 amide bonds. The molecule has 1 aromatic carbocycles. The van der Waals surface area contributed by atoms with Crippen LogP contribution in [0.1, 0.15) is 27.9 Å². The fourth-order valence-electron chi connectivity index (χ4n) is 2.19. The lowest BCUT2D eigenvalue weighted by molar-refractivity contribution is 0.0627. The number of aromatic carboxylic acids is 1. The summed E-state index contributed by atoms with van der Waals surface area (Å²) in [6.45, 7) is 1.54. The van der Waals surface area contributed by atoms with Gasteiger partial charge in [-0.3, -0.25) is 0 Å². The number of furan rings is 1. The molecule has 2 N–H and O–H groups in total. The van der Waals surface area contributed by atoms with Crippen LogP contribution in [0.3, 0.4) is 0 Å². The Balaban J connectivity index is 2.15. The number of aliphatic hydroxyl groups is 1. The van der Waals surface area contributed by atoms with E-state index in [1.165, 1.54) is 23.7 Å². The molecule has 1 unspecified atom stereocenters. The number of fused-ring (bicyclic) bond motifs is 1. The highest BCUT2D eigenvalue weighted by Crippen LogP contribution is 2.38. The summed E-state index contributed by atoms with van der Waals surface area (Å²) in [5.74, 6) is -1.06. The zero-order valence-corrected chi connectivity index (χ0v) is 11.5. The van der Waals surface area contributed by atoms with Crippen LogP contribution >= 0.6 is 11.3 Å². The number of rotatable bonds is 3. The van der Waals surface area contributed by atoms with Gasteiger partial charge in [-0.2, -0.15) is 0 Å². The minimum absolute atomic E-state index is 0.0209. The summed E-state index contributed by atoms with van der Waals surface area (Å²) in [5.41, 5.74) is -1.49. The summed E-state index contributed by atoms with van der Waals surface area (Å²) in [7, 11) is 0. The van der Waals surface area contributed by atoms with Gasteiger partial charge in [-0.05, 0) is 30.5 Å². The highest BCUT2D eigenvalue weighted by molar-refractivity contribution is 7.19. The molecular weight excluding hydrogens is 276 g/mol. The van der Waals surface area contributed by atoms with Crippen LogP contribution in [-0.4, -0.2) is 16.2 Å². The number of hydrogen-bond acceptors (Lipinski definition) is 4. The molecule has 4 nitrogen and oxygen atoms in total. The summed E-state index contributed by atoms with van der Waals surface area (Å²) in [5, 5.41) is 20.9. The Hall–Kier alpha value is -2.11. The van der Waals surface area contributed by atoms with Gasteiger partial charge in [0, 0.05) is 9.58 Å². The van der Waals surface area contributed by atoms with Gasteiger partial charge < -0.3 is 14.6 Å².